The predicted molar refractivity (Wildman–Crippen MR) is 83.9 cm³/mol. The molecule has 0 spiro atoms. The van der Waals surface area contributed by atoms with Crippen molar-refractivity contribution in [3.8, 4) is 0 Å². The van der Waals surface area contributed by atoms with E-state index in [1.54, 1.807) is 18.5 Å². The average Bonchev–Trinajstić information content (AvgIpc) is 2.96. The summed E-state index contributed by atoms with van der Waals surface area (Å²) in [5.41, 5.74) is 0.859. The maximum Gasteiger partial charge on any atom is 0.408 e. The van der Waals surface area contributed by atoms with Crippen molar-refractivity contribution >= 4 is 0 Å². The van der Waals surface area contributed by atoms with Crippen molar-refractivity contribution in [3.05, 3.63) is 41.7 Å². The molecule has 3 heterocycles. The smallest absolute Gasteiger partial charge is 0.379 e. The number of aromatic nitrogens is 4. The lowest BCUT2D eigenvalue weighted by molar-refractivity contribution is -0.143. The number of rotatable bonds is 5. The number of morpholine rings is 1. The number of alkyl halides is 3. The van der Waals surface area contributed by atoms with Crippen LogP contribution in [0.15, 0.2) is 24.5 Å². The summed E-state index contributed by atoms with van der Waals surface area (Å²) in [5.74, 6) is 0.700. The Bertz CT molecular complexity index is 683. The molecule has 1 saturated heterocycles. The van der Waals surface area contributed by atoms with E-state index in [0.717, 1.165) is 10.2 Å². The third-order valence-corrected chi connectivity index (χ3v) is 4.13. The molecule has 0 radical (unpaired) electrons. The van der Waals surface area contributed by atoms with E-state index in [2.05, 4.69) is 20.0 Å². The lowest BCUT2D eigenvalue weighted by atomic mass is 10.2. The Morgan fingerprint density at radius 2 is 2.04 bits per heavy atom. The molecule has 2 aromatic heterocycles. The fourth-order valence-electron chi connectivity index (χ4n) is 2.89. The van der Waals surface area contributed by atoms with E-state index in [1.807, 2.05) is 13.0 Å². The van der Waals surface area contributed by atoms with Crippen LogP contribution in [-0.2, 0) is 17.7 Å². The van der Waals surface area contributed by atoms with Crippen LogP contribution in [0.2, 0.25) is 0 Å². The number of ether oxygens (including phenoxy) is 1. The highest BCUT2D eigenvalue weighted by Crippen LogP contribution is 2.24. The zero-order chi connectivity index (χ0) is 17.9. The van der Waals surface area contributed by atoms with E-state index in [4.69, 9.17) is 4.74 Å². The lowest BCUT2D eigenvalue weighted by Crippen LogP contribution is -2.39. The lowest BCUT2D eigenvalue weighted by Gasteiger charge is -2.31. The van der Waals surface area contributed by atoms with Crippen LogP contribution in [0.4, 0.5) is 13.2 Å². The topological polar surface area (TPSA) is 56.1 Å². The summed E-state index contributed by atoms with van der Waals surface area (Å²) < 4.78 is 45.1. The van der Waals surface area contributed by atoms with E-state index in [0.29, 0.717) is 44.4 Å². The quantitative estimate of drug-likeness (QED) is 0.823. The van der Waals surface area contributed by atoms with Crippen LogP contribution in [0, 0.1) is 0 Å². The van der Waals surface area contributed by atoms with E-state index >= 15 is 0 Å². The molecule has 1 aliphatic rings. The highest BCUT2D eigenvalue weighted by molar-refractivity contribution is 5.15. The maximum absolute atomic E-state index is 12.9. The normalized spacial score (nSPS) is 17.6. The van der Waals surface area contributed by atoms with Crippen LogP contribution >= 0.6 is 0 Å². The van der Waals surface area contributed by atoms with Gasteiger partial charge in [0.25, 0.3) is 0 Å². The second kappa shape index (κ2) is 7.49. The molecule has 0 aliphatic carbocycles. The SMILES string of the molecule is C[C@@H](c1nc(Cc2cccnc2)nn1CC(F)(F)F)N1CCOCC1. The van der Waals surface area contributed by atoms with Crippen molar-refractivity contribution in [3.63, 3.8) is 0 Å². The van der Waals surface area contributed by atoms with Crippen LogP contribution in [0.1, 0.15) is 30.2 Å². The Morgan fingerprint density at radius 1 is 1.28 bits per heavy atom. The zero-order valence-electron chi connectivity index (χ0n) is 13.9. The van der Waals surface area contributed by atoms with E-state index in [9.17, 15) is 13.2 Å². The third-order valence-electron chi connectivity index (χ3n) is 4.13. The van der Waals surface area contributed by atoms with Gasteiger partial charge in [0.15, 0.2) is 5.82 Å². The predicted octanol–water partition coefficient (Wildman–Crippen LogP) is 2.22. The standard InChI is InChI=1S/C16H20F3N5O/c1-12(23-5-7-25-8-6-23)15-21-14(9-13-3-2-4-20-10-13)22-24(15)11-16(17,18)19/h2-4,10,12H,5-9,11H2,1H3/t12-/m0/s1. The number of hydrogen-bond donors (Lipinski definition) is 0. The van der Waals surface area contributed by atoms with Crippen LogP contribution in [0.25, 0.3) is 0 Å². The minimum Gasteiger partial charge on any atom is -0.379 e. The molecule has 1 fully saturated rings. The molecular weight excluding hydrogens is 335 g/mol. The van der Waals surface area contributed by atoms with Gasteiger partial charge in [0.1, 0.15) is 12.4 Å². The summed E-state index contributed by atoms with van der Waals surface area (Å²) in [6, 6.07) is 3.36. The largest absolute Gasteiger partial charge is 0.408 e. The number of pyridine rings is 1. The molecule has 2 aromatic rings. The minimum absolute atomic E-state index is 0.263. The van der Waals surface area contributed by atoms with Crippen molar-refractivity contribution in [1.29, 1.82) is 0 Å². The summed E-state index contributed by atoms with van der Waals surface area (Å²) >= 11 is 0. The second-order valence-corrected chi connectivity index (χ2v) is 6.02. The van der Waals surface area contributed by atoms with Gasteiger partial charge in [-0.3, -0.25) is 9.88 Å². The van der Waals surface area contributed by atoms with Gasteiger partial charge in [-0.15, -0.1) is 0 Å². The summed E-state index contributed by atoms with van der Waals surface area (Å²) in [6.45, 7) is 3.18. The van der Waals surface area contributed by atoms with E-state index < -0.39 is 12.7 Å². The van der Waals surface area contributed by atoms with Gasteiger partial charge in [-0.2, -0.15) is 18.3 Å². The first-order valence-corrected chi connectivity index (χ1v) is 8.13. The molecule has 6 nitrogen and oxygen atoms in total. The molecule has 0 unspecified atom stereocenters. The molecule has 3 rings (SSSR count). The Hall–Kier alpha value is -2.00. The molecule has 0 saturated carbocycles. The summed E-state index contributed by atoms with van der Waals surface area (Å²) in [6.07, 6.45) is -0.694. The third kappa shape index (κ3) is 4.76. The first kappa shape index (κ1) is 17.8. The summed E-state index contributed by atoms with van der Waals surface area (Å²) in [7, 11) is 0. The maximum atomic E-state index is 12.9. The number of nitrogens with zero attached hydrogens (tertiary/aromatic N) is 5. The summed E-state index contributed by atoms with van der Waals surface area (Å²) in [5, 5.41) is 4.11. The van der Waals surface area contributed by atoms with Crippen LogP contribution < -0.4 is 0 Å². The Morgan fingerprint density at radius 3 is 2.68 bits per heavy atom. The molecular formula is C16H20F3N5O. The van der Waals surface area contributed by atoms with Gasteiger partial charge in [-0.25, -0.2) is 9.67 Å². The molecule has 0 aromatic carbocycles. The van der Waals surface area contributed by atoms with E-state index in [1.165, 1.54) is 0 Å². The van der Waals surface area contributed by atoms with Gasteiger partial charge < -0.3 is 4.74 Å². The zero-order valence-corrected chi connectivity index (χ0v) is 13.9. The van der Waals surface area contributed by atoms with Crippen LogP contribution in [-0.4, -0.2) is 57.1 Å². The van der Waals surface area contributed by atoms with Crippen molar-refractivity contribution in [1.82, 2.24) is 24.6 Å². The first-order valence-electron chi connectivity index (χ1n) is 8.13. The second-order valence-electron chi connectivity index (χ2n) is 6.02. The Kier molecular flexibility index (Phi) is 5.33. The minimum atomic E-state index is -4.35. The highest BCUT2D eigenvalue weighted by Gasteiger charge is 2.32. The van der Waals surface area contributed by atoms with Crippen molar-refractivity contribution < 1.29 is 17.9 Å². The summed E-state index contributed by atoms with van der Waals surface area (Å²) in [4.78, 5) is 10.5. The molecule has 0 amide bonds. The molecule has 1 aliphatic heterocycles. The van der Waals surface area contributed by atoms with Gasteiger partial charge >= 0.3 is 6.18 Å². The average molecular weight is 355 g/mol. The van der Waals surface area contributed by atoms with Gasteiger partial charge in [0.05, 0.1) is 19.3 Å². The number of halogens is 3. The fourth-order valence-corrected chi connectivity index (χ4v) is 2.89. The molecule has 0 N–H and O–H groups in total. The van der Waals surface area contributed by atoms with Crippen LogP contribution in [0.3, 0.4) is 0 Å². The molecule has 0 bridgehead atoms. The molecule has 9 heteroatoms. The Labute approximate surface area is 143 Å². The molecule has 136 valence electrons. The molecule has 1 atom stereocenters. The monoisotopic (exact) mass is 355 g/mol. The van der Waals surface area contributed by atoms with Crippen molar-refractivity contribution in [2.75, 3.05) is 26.3 Å². The Balaban J connectivity index is 1.85. The van der Waals surface area contributed by atoms with Crippen molar-refractivity contribution in [2.24, 2.45) is 0 Å². The van der Waals surface area contributed by atoms with Gasteiger partial charge in [-0.1, -0.05) is 6.07 Å². The van der Waals surface area contributed by atoms with Gasteiger partial charge in [0, 0.05) is 31.9 Å². The fraction of sp³-hybridized carbons (Fsp3) is 0.562. The van der Waals surface area contributed by atoms with Crippen molar-refractivity contribution in [2.45, 2.75) is 32.1 Å². The molecule has 25 heavy (non-hydrogen) atoms. The number of hydrogen-bond acceptors (Lipinski definition) is 5. The van der Waals surface area contributed by atoms with Crippen LogP contribution in [0.5, 0.6) is 0 Å². The van der Waals surface area contributed by atoms with E-state index in [-0.39, 0.29) is 6.04 Å². The first-order chi connectivity index (χ1) is 11.9. The van der Waals surface area contributed by atoms with Gasteiger partial charge in [-0.05, 0) is 18.6 Å². The van der Waals surface area contributed by atoms with Gasteiger partial charge in [0.2, 0.25) is 0 Å². The highest BCUT2D eigenvalue weighted by atomic mass is 19.4.